The van der Waals surface area contributed by atoms with Crippen LogP contribution in [0, 0.1) is 42.4 Å². The molecule has 2 N–H and O–H groups in total. The predicted molar refractivity (Wildman–Crippen MR) is 222 cm³/mol. The van der Waals surface area contributed by atoms with Crippen molar-refractivity contribution in [2.45, 2.75) is 117 Å². The van der Waals surface area contributed by atoms with Crippen molar-refractivity contribution < 1.29 is 10.2 Å². The molecule has 0 saturated heterocycles. The first kappa shape index (κ1) is 34.7. The fraction of sp³-hybridized carbons (Fsp3) is 0.510. The number of thioether (sulfide) groups is 2. The van der Waals surface area contributed by atoms with E-state index >= 15 is 0 Å². The minimum Gasteiger partial charge on any atom is -0.507 e. The van der Waals surface area contributed by atoms with Crippen molar-refractivity contribution in [3.8, 4) is 33.8 Å². The Morgan fingerprint density at radius 1 is 0.491 bits per heavy atom. The van der Waals surface area contributed by atoms with Crippen LogP contribution in [0.5, 0.6) is 11.5 Å². The average Bonchev–Trinajstić information content (AvgIpc) is 3.13. The molecular weight excluding hydrogens is 685 g/mol. The summed E-state index contributed by atoms with van der Waals surface area (Å²) in [6.07, 6.45) is 18.4. The highest BCUT2D eigenvalue weighted by Gasteiger charge is 2.54. The number of aromatic hydroxyl groups is 2. The van der Waals surface area contributed by atoms with Gasteiger partial charge in [0.15, 0.2) is 0 Å². The molecule has 0 aliphatic heterocycles. The van der Waals surface area contributed by atoms with Gasteiger partial charge in [0.25, 0.3) is 0 Å². The van der Waals surface area contributed by atoms with E-state index in [4.69, 9.17) is 0 Å². The van der Waals surface area contributed by atoms with E-state index in [9.17, 15) is 10.2 Å². The number of phenolic OH excluding ortho intramolecular Hbond substituents is 2. The van der Waals surface area contributed by atoms with Crippen molar-refractivity contribution in [2.24, 2.45) is 35.5 Å². The normalized spacial score (nSPS) is 32.1. The van der Waals surface area contributed by atoms with Gasteiger partial charge >= 0.3 is 0 Å². The Kier molecular flexibility index (Phi) is 8.98. The zero-order chi connectivity index (χ0) is 35.7. The van der Waals surface area contributed by atoms with Crippen molar-refractivity contribution >= 4 is 23.5 Å². The van der Waals surface area contributed by atoms with Crippen LogP contribution in [0.4, 0.5) is 0 Å². The molecule has 8 aliphatic rings. The summed E-state index contributed by atoms with van der Waals surface area (Å²) in [5.74, 6) is 8.35. The Labute approximate surface area is 326 Å². The van der Waals surface area contributed by atoms with Gasteiger partial charge in [0.1, 0.15) is 11.5 Å². The third-order valence-corrected chi connectivity index (χ3v) is 17.2. The number of aryl methyl sites for hydroxylation is 1. The smallest absolute Gasteiger partial charge is 0.127 e. The minimum atomic E-state index is 0.175. The average molecular weight is 741 g/mol. The number of rotatable bonds is 11. The Bertz CT molecular complexity index is 1940. The summed E-state index contributed by atoms with van der Waals surface area (Å²) in [6, 6.07) is 28.7. The van der Waals surface area contributed by atoms with Gasteiger partial charge < -0.3 is 10.2 Å². The van der Waals surface area contributed by atoms with Gasteiger partial charge in [-0.1, -0.05) is 60.7 Å². The van der Waals surface area contributed by atoms with E-state index < -0.39 is 0 Å². The van der Waals surface area contributed by atoms with Gasteiger partial charge in [-0.2, -0.15) is 0 Å². The van der Waals surface area contributed by atoms with E-state index in [2.05, 4.69) is 85.8 Å². The van der Waals surface area contributed by atoms with Crippen LogP contribution >= 0.6 is 23.5 Å². The maximum atomic E-state index is 12.0. The molecule has 8 bridgehead atoms. The van der Waals surface area contributed by atoms with E-state index in [1.54, 1.807) is 0 Å². The molecule has 4 aromatic carbocycles. The zero-order valence-electron chi connectivity index (χ0n) is 31.5. The number of benzene rings is 4. The third kappa shape index (κ3) is 6.27. The molecular formula is C49H56O2S2. The summed E-state index contributed by atoms with van der Waals surface area (Å²) >= 11 is 3.88. The number of para-hydroxylation sites is 1. The summed E-state index contributed by atoms with van der Waals surface area (Å²) in [5.41, 5.74) is 8.51. The quantitative estimate of drug-likeness (QED) is 0.119. The highest BCUT2D eigenvalue weighted by molar-refractivity contribution is 7.99. The predicted octanol–water partition coefficient (Wildman–Crippen LogP) is 13.3. The van der Waals surface area contributed by atoms with Crippen LogP contribution < -0.4 is 0 Å². The van der Waals surface area contributed by atoms with Crippen LogP contribution in [0.15, 0.2) is 88.7 Å². The van der Waals surface area contributed by atoms with E-state index in [-0.39, 0.29) is 10.8 Å². The van der Waals surface area contributed by atoms with Gasteiger partial charge in [-0.25, -0.2) is 0 Å². The lowest BCUT2D eigenvalue weighted by atomic mass is 9.48. The molecule has 0 aromatic heterocycles. The number of unbranched alkanes of at least 4 members (excludes halogenated alkanes) is 1. The summed E-state index contributed by atoms with van der Waals surface area (Å²) in [6.45, 7) is 2.22. The SMILES string of the molecule is Cc1cc(-c2ccccc2SCCCCSc2ccccc2-c2cccc(C34CC5CC(CC(C5)C3)C4)c2O)c(O)c(C23CC4CC(CC(C4)C2)C3)c1. The molecule has 0 atom stereocenters. The molecule has 53 heavy (non-hydrogen) atoms. The molecule has 0 spiro atoms. The highest BCUT2D eigenvalue weighted by Crippen LogP contribution is 2.64. The third-order valence-electron chi connectivity index (χ3n) is 14.9. The molecule has 8 fully saturated rings. The zero-order valence-corrected chi connectivity index (χ0v) is 33.1. The molecule has 2 nitrogen and oxygen atoms in total. The minimum absolute atomic E-state index is 0.175. The molecule has 4 heteroatoms. The second kappa shape index (κ2) is 13.7. The molecule has 276 valence electrons. The Morgan fingerprint density at radius 2 is 0.906 bits per heavy atom. The molecule has 8 saturated carbocycles. The lowest BCUT2D eigenvalue weighted by Crippen LogP contribution is -2.48. The van der Waals surface area contributed by atoms with Crippen molar-refractivity contribution in [3.05, 3.63) is 95.6 Å². The van der Waals surface area contributed by atoms with Gasteiger partial charge in [-0.15, -0.1) is 23.5 Å². The van der Waals surface area contributed by atoms with Crippen LogP contribution in [-0.2, 0) is 10.8 Å². The fourth-order valence-electron chi connectivity index (χ4n) is 13.7. The molecule has 4 aromatic rings. The standard InChI is InChI=1S/C49H56O2S2/c1-31-17-41(47(51)43(18-31)49-28-35-22-36(29-49)24-37(23-35)30-49)39-10-3-5-14-45(39)53-16-7-6-15-52-44-13-4-2-9-38(44)40-11-8-12-42(46(40)50)48-25-32-19-33(26-48)21-34(20-32)27-48/h2-5,8-14,17-18,32-37,50-51H,6-7,15-16,19-30H2,1H3. The second-order valence-electron chi connectivity index (χ2n) is 18.7. The van der Waals surface area contributed by atoms with Gasteiger partial charge in [-0.3, -0.25) is 0 Å². The van der Waals surface area contributed by atoms with Crippen molar-refractivity contribution in [2.75, 3.05) is 11.5 Å². The topological polar surface area (TPSA) is 40.5 Å². The van der Waals surface area contributed by atoms with Crippen LogP contribution in [0.25, 0.3) is 22.3 Å². The maximum absolute atomic E-state index is 12.0. The lowest BCUT2D eigenvalue weighted by Gasteiger charge is -2.57. The van der Waals surface area contributed by atoms with Gasteiger partial charge in [0, 0.05) is 32.0 Å². The van der Waals surface area contributed by atoms with Crippen LogP contribution in [0.1, 0.15) is 107 Å². The Morgan fingerprint density at radius 3 is 1.42 bits per heavy atom. The largest absolute Gasteiger partial charge is 0.507 e. The number of hydrogen-bond acceptors (Lipinski definition) is 4. The molecule has 0 amide bonds. The molecule has 0 heterocycles. The van der Waals surface area contributed by atoms with Crippen molar-refractivity contribution in [1.82, 2.24) is 0 Å². The number of phenols is 2. The van der Waals surface area contributed by atoms with Crippen LogP contribution in [0.3, 0.4) is 0 Å². The van der Waals surface area contributed by atoms with Crippen LogP contribution in [0.2, 0.25) is 0 Å². The van der Waals surface area contributed by atoms with Crippen molar-refractivity contribution in [3.63, 3.8) is 0 Å². The fourth-order valence-corrected chi connectivity index (χ4v) is 15.8. The first-order valence-corrected chi connectivity index (χ1v) is 22.9. The molecule has 0 unspecified atom stereocenters. The summed E-state index contributed by atoms with van der Waals surface area (Å²) < 4.78 is 0. The monoisotopic (exact) mass is 740 g/mol. The maximum Gasteiger partial charge on any atom is 0.127 e. The van der Waals surface area contributed by atoms with E-state index in [0.717, 1.165) is 71.0 Å². The van der Waals surface area contributed by atoms with E-state index in [1.165, 1.54) is 115 Å². The molecule has 8 aliphatic carbocycles. The van der Waals surface area contributed by atoms with Crippen molar-refractivity contribution in [1.29, 1.82) is 0 Å². The lowest BCUT2D eigenvalue weighted by molar-refractivity contribution is -0.00626. The first-order chi connectivity index (χ1) is 25.8. The van der Waals surface area contributed by atoms with Gasteiger partial charge in [0.05, 0.1) is 0 Å². The second-order valence-corrected chi connectivity index (χ2v) is 21.0. The first-order valence-electron chi connectivity index (χ1n) is 21.0. The number of hydrogen-bond donors (Lipinski definition) is 2. The highest BCUT2D eigenvalue weighted by atomic mass is 32.2. The Hall–Kier alpha value is -2.82. The Balaban J connectivity index is 0.805. The van der Waals surface area contributed by atoms with E-state index in [1.807, 2.05) is 23.5 Å². The molecule has 0 radical (unpaired) electrons. The summed E-state index contributed by atoms with van der Waals surface area (Å²) in [5, 5.41) is 23.9. The van der Waals surface area contributed by atoms with Gasteiger partial charge in [0.2, 0.25) is 0 Å². The van der Waals surface area contributed by atoms with Gasteiger partial charge in [-0.05, 0) is 190 Å². The van der Waals surface area contributed by atoms with E-state index in [0.29, 0.717) is 11.5 Å². The summed E-state index contributed by atoms with van der Waals surface area (Å²) in [7, 11) is 0. The summed E-state index contributed by atoms with van der Waals surface area (Å²) in [4.78, 5) is 2.55. The van der Waals surface area contributed by atoms with Crippen LogP contribution in [-0.4, -0.2) is 21.7 Å². The molecule has 12 rings (SSSR count).